The van der Waals surface area contributed by atoms with Crippen molar-refractivity contribution in [1.82, 2.24) is 14.7 Å². The highest BCUT2D eigenvalue weighted by atomic mass is 35.5. The molecule has 2 amide bonds. The number of hydrogen-bond donors (Lipinski definition) is 0. The molecule has 2 fully saturated rings. The van der Waals surface area contributed by atoms with Gasteiger partial charge in [0.2, 0.25) is 0 Å². The van der Waals surface area contributed by atoms with Gasteiger partial charge in [0, 0.05) is 56.4 Å². The van der Waals surface area contributed by atoms with Gasteiger partial charge in [-0.2, -0.15) is 13.2 Å². The summed E-state index contributed by atoms with van der Waals surface area (Å²) in [5, 5.41) is -0.346. The topological polar surface area (TPSA) is 43.9 Å². The summed E-state index contributed by atoms with van der Waals surface area (Å²) in [6, 6.07) is 18.4. The SMILES string of the molecule is Cc1cc(-c2ccc(Cl)c(C(F)(F)F)c2)ccc1C(=O)N1CC(N2CCN(C(=O)c3ccccc3)CC2)C1. The lowest BCUT2D eigenvalue weighted by Gasteiger charge is -2.48. The van der Waals surface area contributed by atoms with Crippen molar-refractivity contribution in [3.05, 3.63) is 94.0 Å². The maximum absolute atomic E-state index is 13.3. The molecule has 0 spiro atoms. The number of alkyl halides is 3. The van der Waals surface area contributed by atoms with Crippen LogP contribution in [0.4, 0.5) is 13.2 Å². The number of rotatable bonds is 4. The normalized spacial score (nSPS) is 16.9. The summed E-state index contributed by atoms with van der Waals surface area (Å²) in [6.07, 6.45) is -4.55. The van der Waals surface area contributed by atoms with Gasteiger partial charge >= 0.3 is 6.18 Å². The third-order valence-electron chi connectivity index (χ3n) is 7.35. The van der Waals surface area contributed by atoms with Crippen molar-refractivity contribution in [3.63, 3.8) is 0 Å². The van der Waals surface area contributed by atoms with E-state index in [0.29, 0.717) is 54.0 Å². The van der Waals surface area contributed by atoms with Crippen LogP contribution < -0.4 is 0 Å². The van der Waals surface area contributed by atoms with E-state index < -0.39 is 11.7 Å². The largest absolute Gasteiger partial charge is 0.417 e. The molecule has 3 aromatic rings. The average molecular weight is 542 g/mol. The van der Waals surface area contributed by atoms with E-state index in [1.54, 1.807) is 36.1 Å². The van der Waals surface area contributed by atoms with Crippen molar-refractivity contribution in [2.45, 2.75) is 19.1 Å². The van der Waals surface area contributed by atoms with Crippen LogP contribution in [0.25, 0.3) is 11.1 Å². The number of likely N-dealkylation sites (tertiary alicyclic amines) is 1. The first kappa shape index (κ1) is 26.3. The quantitative estimate of drug-likeness (QED) is 0.431. The van der Waals surface area contributed by atoms with Gasteiger partial charge in [-0.3, -0.25) is 14.5 Å². The minimum Gasteiger partial charge on any atom is -0.336 e. The Bertz CT molecular complexity index is 1350. The van der Waals surface area contributed by atoms with Gasteiger partial charge in [-0.05, 0) is 53.9 Å². The molecule has 2 saturated heterocycles. The van der Waals surface area contributed by atoms with Crippen LogP contribution >= 0.6 is 11.6 Å². The highest BCUT2D eigenvalue weighted by molar-refractivity contribution is 6.31. The van der Waals surface area contributed by atoms with E-state index in [9.17, 15) is 22.8 Å². The van der Waals surface area contributed by atoms with E-state index >= 15 is 0 Å². The molecule has 9 heteroatoms. The summed E-state index contributed by atoms with van der Waals surface area (Å²) in [7, 11) is 0. The van der Waals surface area contributed by atoms with E-state index in [0.717, 1.165) is 19.2 Å². The van der Waals surface area contributed by atoms with Crippen molar-refractivity contribution >= 4 is 23.4 Å². The van der Waals surface area contributed by atoms with Crippen LogP contribution in [0.1, 0.15) is 31.8 Å². The molecular weight excluding hydrogens is 515 g/mol. The van der Waals surface area contributed by atoms with Gasteiger partial charge in [0.15, 0.2) is 0 Å². The number of amides is 2. The Morgan fingerprint density at radius 2 is 1.45 bits per heavy atom. The first-order valence-electron chi connectivity index (χ1n) is 12.5. The number of nitrogens with zero attached hydrogens (tertiary/aromatic N) is 3. The van der Waals surface area contributed by atoms with Gasteiger partial charge < -0.3 is 9.80 Å². The third-order valence-corrected chi connectivity index (χ3v) is 7.68. The standard InChI is InChI=1S/C29H27ClF3N3O2/c1-19-15-21(22-8-10-26(30)25(16-22)29(31,32)33)7-9-24(19)28(38)36-17-23(18-36)34-11-13-35(14-12-34)27(37)20-5-3-2-4-6-20/h2-10,15-16,23H,11-14,17-18H2,1H3. The van der Waals surface area contributed by atoms with Gasteiger partial charge in [0.25, 0.3) is 11.8 Å². The van der Waals surface area contributed by atoms with Gasteiger partial charge in [-0.15, -0.1) is 0 Å². The van der Waals surface area contributed by atoms with Crippen LogP contribution in [-0.2, 0) is 6.18 Å². The molecule has 2 heterocycles. The van der Waals surface area contributed by atoms with Crippen LogP contribution in [-0.4, -0.2) is 71.8 Å². The highest BCUT2D eigenvalue weighted by Crippen LogP contribution is 2.37. The fraction of sp³-hybridized carbons (Fsp3) is 0.310. The predicted octanol–water partition coefficient (Wildman–Crippen LogP) is 5.62. The summed E-state index contributed by atoms with van der Waals surface area (Å²) < 4.78 is 39.8. The van der Waals surface area contributed by atoms with Gasteiger partial charge in [0.1, 0.15) is 0 Å². The first-order valence-corrected chi connectivity index (χ1v) is 12.8. The van der Waals surface area contributed by atoms with Crippen LogP contribution in [0.5, 0.6) is 0 Å². The summed E-state index contributed by atoms with van der Waals surface area (Å²) in [4.78, 5) is 31.8. The van der Waals surface area contributed by atoms with E-state index in [4.69, 9.17) is 11.6 Å². The molecule has 0 aromatic heterocycles. The van der Waals surface area contributed by atoms with Crippen LogP contribution in [0.3, 0.4) is 0 Å². The van der Waals surface area contributed by atoms with Crippen molar-refractivity contribution in [1.29, 1.82) is 0 Å². The number of benzene rings is 3. The molecule has 0 atom stereocenters. The number of aryl methyl sites for hydroxylation is 1. The maximum atomic E-state index is 13.3. The smallest absolute Gasteiger partial charge is 0.336 e. The van der Waals surface area contributed by atoms with Crippen LogP contribution in [0.15, 0.2) is 66.7 Å². The van der Waals surface area contributed by atoms with Gasteiger partial charge in [-0.25, -0.2) is 0 Å². The summed E-state index contributed by atoms with van der Waals surface area (Å²) >= 11 is 5.75. The Morgan fingerprint density at radius 1 is 0.816 bits per heavy atom. The molecule has 0 unspecified atom stereocenters. The molecule has 198 valence electrons. The molecule has 2 aliphatic heterocycles. The monoisotopic (exact) mass is 541 g/mol. The second-order valence-corrected chi connectivity index (χ2v) is 10.2. The minimum absolute atomic E-state index is 0.0443. The predicted molar refractivity (Wildman–Crippen MR) is 140 cm³/mol. The lowest BCUT2D eigenvalue weighted by molar-refractivity contribution is -0.137. The molecule has 0 N–H and O–H groups in total. The Hall–Kier alpha value is -3.36. The van der Waals surface area contributed by atoms with Crippen LogP contribution in [0, 0.1) is 6.92 Å². The second kappa shape index (κ2) is 10.4. The van der Waals surface area contributed by atoms with Crippen LogP contribution in [0.2, 0.25) is 5.02 Å². The molecule has 38 heavy (non-hydrogen) atoms. The lowest BCUT2D eigenvalue weighted by atomic mass is 9.96. The molecule has 3 aromatic carbocycles. The van der Waals surface area contributed by atoms with Crippen molar-refractivity contribution in [2.24, 2.45) is 0 Å². The zero-order valence-electron chi connectivity index (χ0n) is 20.8. The number of hydrogen-bond acceptors (Lipinski definition) is 3. The fourth-order valence-electron chi connectivity index (χ4n) is 5.08. The summed E-state index contributed by atoms with van der Waals surface area (Å²) in [5.41, 5.74) is 2.03. The fourth-order valence-corrected chi connectivity index (χ4v) is 5.31. The maximum Gasteiger partial charge on any atom is 0.417 e. The first-order chi connectivity index (χ1) is 18.1. The Labute approximate surface area is 224 Å². The summed E-state index contributed by atoms with van der Waals surface area (Å²) in [5.74, 6) is -0.0434. The molecule has 5 nitrogen and oxygen atoms in total. The molecule has 0 radical (unpaired) electrons. The Morgan fingerprint density at radius 3 is 2.08 bits per heavy atom. The molecule has 0 bridgehead atoms. The lowest BCUT2D eigenvalue weighted by Crippen LogP contribution is -2.64. The van der Waals surface area contributed by atoms with E-state index in [1.165, 1.54) is 6.07 Å². The number of carbonyl (C=O) groups is 2. The Balaban J connectivity index is 1.18. The van der Waals surface area contributed by atoms with E-state index in [2.05, 4.69) is 4.90 Å². The molecule has 5 rings (SSSR count). The van der Waals surface area contributed by atoms with Crippen molar-refractivity contribution in [2.75, 3.05) is 39.3 Å². The average Bonchev–Trinajstić information content (AvgIpc) is 2.88. The zero-order valence-corrected chi connectivity index (χ0v) is 21.6. The highest BCUT2D eigenvalue weighted by Gasteiger charge is 2.37. The van der Waals surface area contributed by atoms with Crippen molar-refractivity contribution < 1.29 is 22.8 Å². The van der Waals surface area contributed by atoms with Gasteiger partial charge in [0.05, 0.1) is 10.6 Å². The van der Waals surface area contributed by atoms with Gasteiger partial charge in [-0.1, -0.05) is 48.0 Å². The zero-order chi connectivity index (χ0) is 27.0. The molecule has 0 aliphatic carbocycles. The molecule has 0 saturated carbocycles. The van der Waals surface area contributed by atoms with Crippen molar-refractivity contribution in [3.8, 4) is 11.1 Å². The molecule has 2 aliphatic rings. The van der Waals surface area contributed by atoms with E-state index in [-0.39, 0.29) is 22.9 Å². The minimum atomic E-state index is -4.55. The third kappa shape index (κ3) is 5.28. The Kier molecular flexibility index (Phi) is 7.20. The number of halogens is 4. The number of piperazine rings is 1. The second-order valence-electron chi connectivity index (χ2n) is 9.78. The number of carbonyl (C=O) groups excluding carboxylic acids is 2. The summed E-state index contributed by atoms with van der Waals surface area (Å²) in [6.45, 7) is 5.84. The van der Waals surface area contributed by atoms with E-state index in [1.807, 2.05) is 35.2 Å². The molecular formula is C29H27ClF3N3O2.